The summed E-state index contributed by atoms with van der Waals surface area (Å²) >= 11 is 0. The monoisotopic (exact) mass is 134 g/mol. The number of hydrogen-bond acceptors (Lipinski definition) is 2. The summed E-state index contributed by atoms with van der Waals surface area (Å²) in [5, 5.41) is 0. The molecule has 10 heavy (non-hydrogen) atoms. The van der Waals surface area contributed by atoms with E-state index in [9.17, 15) is 0 Å². The third kappa shape index (κ3) is 1.29. The van der Waals surface area contributed by atoms with Crippen molar-refractivity contribution in [3.63, 3.8) is 0 Å². The van der Waals surface area contributed by atoms with Gasteiger partial charge in [0.1, 0.15) is 0 Å². The average molecular weight is 134 g/mol. The van der Waals surface area contributed by atoms with Gasteiger partial charge in [-0.1, -0.05) is 12.7 Å². The molecular formula is C8H10N2. The molecule has 0 atom stereocenters. The SMILES string of the molecule is C=C1C=CC=CN1/C=C\N. The van der Waals surface area contributed by atoms with Crippen molar-refractivity contribution in [2.45, 2.75) is 0 Å². The van der Waals surface area contributed by atoms with Crippen molar-refractivity contribution in [2.24, 2.45) is 5.73 Å². The Bertz CT molecular complexity index is 211. The largest absolute Gasteiger partial charge is 0.403 e. The zero-order chi connectivity index (χ0) is 7.40. The Morgan fingerprint density at radius 3 is 2.90 bits per heavy atom. The molecule has 0 aliphatic carbocycles. The van der Waals surface area contributed by atoms with Crippen LogP contribution in [0.1, 0.15) is 0 Å². The van der Waals surface area contributed by atoms with Crippen molar-refractivity contribution in [3.8, 4) is 0 Å². The molecule has 2 heteroatoms. The van der Waals surface area contributed by atoms with E-state index in [0.29, 0.717) is 0 Å². The molecule has 0 unspecified atom stereocenters. The van der Waals surface area contributed by atoms with Crippen molar-refractivity contribution in [1.29, 1.82) is 0 Å². The van der Waals surface area contributed by atoms with Gasteiger partial charge in [-0.05, 0) is 12.2 Å². The highest BCUT2D eigenvalue weighted by molar-refractivity contribution is 5.27. The predicted molar refractivity (Wildman–Crippen MR) is 42.6 cm³/mol. The summed E-state index contributed by atoms with van der Waals surface area (Å²) in [5.41, 5.74) is 6.12. The number of allylic oxidation sites excluding steroid dienone is 3. The van der Waals surface area contributed by atoms with Crippen LogP contribution < -0.4 is 5.73 Å². The highest BCUT2D eigenvalue weighted by Gasteiger charge is 1.97. The van der Waals surface area contributed by atoms with E-state index < -0.39 is 0 Å². The van der Waals surface area contributed by atoms with Crippen LogP contribution in [0.15, 0.2) is 49.1 Å². The van der Waals surface area contributed by atoms with Crippen molar-refractivity contribution >= 4 is 0 Å². The quantitative estimate of drug-likeness (QED) is 0.586. The standard InChI is InChI=1S/C8H10N2/c1-8-4-2-3-6-10(8)7-5-9/h2-7H,1,9H2/b7-5-. The second-order valence-corrected chi connectivity index (χ2v) is 1.94. The zero-order valence-corrected chi connectivity index (χ0v) is 5.70. The van der Waals surface area contributed by atoms with Crippen LogP contribution >= 0.6 is 0 Å². The molecule has 2 nitrogen and oxygen atoms in total. The molecule has 0 spiro atoms. The van der Waals surface area contributed by atoms with Crippen LogP contribution in [0, 0.1) is 0 Å². The van der Waals surface area contributed by atoms with E-state index in [0.717, 1.165) is 5.70 Å². The number of nitrogens with zero attached hydrogens (tertiary/aromatic N) is 1. The van der Waals surface area contributed by atoms with E-state index in [2.05, 4.69) is 6.58 Å². The van der Waals surface area contributed by atoms with Crippen molar-refractivity contribution < 1.29 is 0 Å². The minimum atomic E-state index is 0.921. The maximum atomic E-state index is 5.20. The van der Waals surface area contributed by atoms with Gasteiger partial charge in [0, 0.05) is 24.3 Å². The van der Waals surface area contributed by atoms with E-state index >= 15 is 0 Å². The molecule has 0 saturated heterocycles. The Morgan fingerprint density at radius 2 is 2.30 bits per heavy atom. The summed E-state index contributed by atoms with van der Waals surface area (Å²) in [4.78, 5) is 1.85. The van der Waals surface area contributed by atoms with E-state index in [1.165, 1.54) is 6.20 Å². The summed E-state index contributed by atoms with van der Waals surface area (Å²) in [5.74, 6) is 0. The number of nitrogens with two attached hydrogens (primary N) is 1. The maximum absolute atomic E-state index is 5.20. The Morgan fingerprint density at radius 1 is 1.50 bits per heavy atom. The molecule has 0 radical (unpaired) electrons. The Balaban J connectivity index is 2.70. The molecule has 1 aliphatic heterocycles. The summed E-state index contributed by atoms with van der Waals surface area (Å²) in [6.07, 6.45) is 10.9. The molecule has 0 aromatic rings. The van der Waals surface area contributed by atoms with Gasteiger partial charge in [0.2, 0.25) is 0 Å². The summed E-state index contributed by atoms with van der Waals surface area (Å²) < 4.78 is 0. The molecule has 2 N–H and O–H groups in total. The van der Waals surface area contributed by atoms with Crippen LogP contribution in [-0.4, -0.2) is 4.90 Å². The zero-order valence-electron chi connectivity index (χ0n) is 5.70. The first kappa shape index (κ1) is 6.68. The topological polar surface area (TPSA) is 29.3 Å². The average Bonchev–Trinajstić information content (AvgIpc) is 1.94. The van der Waals surface area contributed by atoms with Crippen LogP contribution in [0.4, 0.5) is 0 Å². The van der Waals surface area contributed by atoms with Gasteiger partial charge in [-0.3, -0.25) is 0 Å². The number of rotatable bonds is 1. The van der Waals surface area contributed by atoms with Crippen LogP contribution in [0.2, 0.25) is 0 Å². The molecule has 0 amide bonds. The molecule has 0 fully saturated rings. The molecular weight excluding hydrogens is 124 g/mol. The van der Waals surface area contributed by atoms with Gasteiger partial charge in [-0.25, -0.2) is 0 Å². The molecule has 1 heterocycles. The van der Waals surface area contributed by atoms with E-state index in [1.54, 1.807) is 6.20 Å². The van der Waals surface area contributed by atoms with Gasteiger partial charge in [-0.15, -0.1) is 0 Å². The minimum absolute atomic E-state index is 0.921. The number of hydrogen-bond donors (Lipinski definition) is 1. The predicted octanol–water partition coefficient (Wildman–Crippen LogP) is 1.32. The fourth-order valence-corrected chi connectivity index (χ4v) is 0.729. The Labute approximate surface area is 60.6 Å². The van der Waals surface area contributed by atoms with Gasteiger partial charge in [0.25, 0.3) is 0 Å². The normalized spacial score (nSPS) is 17.2. The van der Waals surface area contributed by atoms with Crippen molar-refractivity contribution in [2.75, 3.05) is 0 Å². The highest BCUT2D eigenvalue weighted by atomic mass is 15.1. The second-order valence-electron chi connectivity index (χ2n) is 1.94. The first-order valence-corrected chi connectivity index (χ1v) is 3.05. The summed E-state index contributed by atoms with van der Waals surface area (Å²) in [7, 11) is 0. The molecule has 0 aromatic heterocycles. The summed E-state index contributed by atoms with van der Waals surface area (Å²) in [6.45, 7) is 3.80. The highest BCUT2D eigenvalue weighted by Crippen LogP contribution is 2.09. The van der Waals surface area contributed by atoms with Gasteiger partial charge in [0.05, 0.1) is 0 Å². The first-order valence-electron chi connectivity index (χ1n) is 3.05. The lowest BCUT2D eigenvalue weighted by molar-refractivity contribution is 0.647. The van der Waals surface area contributed by atoms with Gasteiger partial charge in [-0.2, -0.15) is 0 Å². The smallest absolute Gasteiger partial charge is 0.0378 e. The molecule has 0 saturated carbocycles. The lowest BCUT2D eigenvalue weighted by Crippen LogP contribution is -2.08. The minimum Gasteiger partial charge on any atom is -0.403 e. The third-order valence-corrected chi connectivity index (χ3v) is 1.22. The van der Waals surface area contributed by atoms with Crippen molar-refractivity contribution in [3.05, 3.63) is 49.1 Å². The first-order chi connectivity index (χ1) is 4.84. The third-order valence-electron chi connectivity index (χ3n) is 1.22. The van der Waals surface area contributed by atoms with Gasteiger partial charge < -0.3 is 10.6 Å². The molecule has 1 aliphatic rings. The fraction of sp³-hybridized carbons (Fsp3) is 0. The lowest BCUT2D eigenvalue weighted by Gasteiger charge is -2.16. The van der Waals surface area contributed by atoms with E-state index in [-0.39, 0.29) is 0 Å². The fourth-order valence-electron chi connectivity index (χ4n) is 0.729. The molecule has 52 valence electrons. The van der Waals surface area contributed by atoms with E-state index in [4.69, 9.17) is 5.73 Å². The second kappa shape index (κ2) is 2.92. The molecule has 0 aromatic carbocycles. The van der Waals surface area contributed by atoms with Crippen LogP contribution in [0.25, 0.3) is 0 Å². The van der Waals surface area contributed by atoms with E-state index in [1.807, 2.05) is 29.3 Å². The van der Waals surface area contributed by atoms with Crippen LogP contribution in [0.5, 0.6) is 0 Å². The lowest BCUT2D eigenvalue weighted by atomic mass is 10.3. The van der Waals surface area contributed by atoms with Crippen LogP contribution in [-0.2, 0) is 0 Å². The van der Waals surface area contributed by atoms with Gasteiger partial charge >= 0.3 is 0 Å². The Kier molecular flexibility index (Phi) is 1.95. The van der Waals surface area contributed by atoms with Crippen molar-refractivity contribution in [1.82, 2.24) is 4.90 Å². The van der Waals surface area contributed by atoms with Gasteiger partial charge in [0.15, 0.2) is 0 Å². The Hall–Kier alpha value is -1.44. The summed E-state index contributed by atoms with van der Waals surface area (Å²) in [6, 6.07) is 0. The molecule has 0 bridgehead atoms. The maximum Gasteiger partial charge on any atom is 0.0378 e. The van der Waals surface area contributed by atoms with Crippen LogP contribution in [0.3, 0.4) is 0 Å². The molecule has 1 rings (SSSR count).